The lowest BCUT2D eigenvalue weighted by Gasteiger charge is -2.02. The van der Waals surface area contributed by atoms with E-state index in [-0.39, 0.29) is 12.2 Å². The van der Waals surface area contributed by atoms with Crippen molar-refractivity contribution in [2.45, 2.75) is 58.8 Å². The Bertz CT molecular complexity index is 412. The third-order valence-corrected chi connectivity index (χ3v) is 3.53. The molecule has 1 saturated carbocycles. The maximum atomic E-state index is 11.7. The maximum absolute atomic E-state index is 11.7. The van der Waals surface area contributed by atoms with Crippen LogP contribution in [0.1, 0.15) is 64.1 Å². The highest BCUT2D eigenvalue weighted by Crippen LogP contribution is 2.36. The van der Waals surface area contributed by atoms with Crippen molar-refractivity contribution in [2.24, 2.45) is 11.8 Å². The van der Waals surface area contributed by atoms with Crippen molar-refractivity contribution in [2.75, 3.05) is 0 Å². The topological polar surface area (TPSA) is 56.0 Å². The van der Waals surface area contributed by atoms with Crippen LogP contribution in [-0.2, 0) is 11.2 Å². The molecule has 1 aromatic rings. The minimum atomic E-state index is 0.181. The zero-order chi connectivity index (χ0) is 13.1. The third kappa shape index (κ3) is 3.40. The summed E-state index contributed by atoms with van der Waals surface area (Å²) < 4.78 is 5.18. The Labute approximate surface area is 108 Å². The molecule has 0 aromatic carbocycles. The number of carbonyl (C=O) groups is 1. The molecule has 1 aliphatic rings. The molecule has 1 heterocycles. The number of ketones is 1. The van der Waals surface area contributed by atoms with Gasteiger partial charge in [-0.1, -0.05) is 25.9 Å². The summed E-state index contributed by atoms with van der Waals surface area (Å²) in [5, 5.41) is 4.03. The molecule has 4 heteroatoms. The van der Waals surface area contributed by atoms with E-state index in [4.69, 9.17) is 4.52 Å². The molecule has 2 rings (SSSR count). The predicted octanol–water partition coefficient (Wildman–Crippen LogP) is 3.13. The van der Waals surface area contributed by atoms with E-state index in [2.05, 4.69) is 17.1 Å². The molecule has 0 radical (unpaired) electrons. The van der Waals surface area contributed by atoms with Gasteiger partial charge < -0.3 is 4.52 Å². The van der Waals surface area contributed by atoms with E-state index < -0.39 is 0 Å². The highest BCUT2D eigenvalue weighted by Gasteiger charge is 2.27. The first-order chi connectivity index (χ1) is 8.54. The van der Waals surface area contributed by atoms with Gasteiger partial charge in [0, 0.05) is 12.3 Å². The molecule has 4 nitrogen and oxygen atoms in total. The largest absolute Gasteiger partial charge is 0.339 e. The van der Waals surface area contributed by atoms with E-state index in [1.165, 1.54) is 6.42 Å². The molecular weight excluding hydrogens is 228 g/mol. The van der Waals surface area contributed by atoms with E-state index in [9.17, 15) is 4.79 Å². The normalized spacial score (nSPS) is 23.8. The summed E-state index contributed by atoms with van der Waals surface area (Å²) in [5.41, 5.74) is 0. The van der Waals surface area contributed by atoms with Crippen molar-refractivity contribution in [1.29, 1.82) is 0 Å². The molecule has 0 spiro atoms. The van der Waals surface area contributed by atoms with Crippen molar-refractivity contribution in [1.82, 2.24) is 10.1 Å². The second-order valence-electron chi connectivity index (χ2n) is 5.97. The first kappa shape index (κ1) is 13.2. The van der Waals surface area contributed by atoms with E-state index in [0.717, 1.165) is 24.6 Å². The molecule has 0 saturated heterocycles. The average Bonchev–Trinajstić information content (AvgIpc) is 2.85. The lowest BCUT2D eigenvalue weighted by atomic mass is 10.0. The molecular formula is C14H22N2O2. The molecule has 0 N–H and O–H groups in total. The van der Waals surface area contributed by atoms with E-state index in [0.29, 0.717) is 24.1 Å². The summed E-state index contributed by atoms with van der Waals surface area (Å²) in [6.45, 7) is 6.33. The minimum absolute atomic E-state index is 0.181. The highest BCUT2D eigenvalue weighted by atomic mass is 16.5. The van der Waals surface area contributed by atoms with Crippen molar-refractivity contribution in [3.8, 4) is 0 Å². The van der Waals surface area contributed by atoms with Crippen LogP contribution in [0.4, 0.5) is 0 Å². The van der Waals surface area contributed by atoms with Crippen LogP contribution in [0, 0.1) is 11.8 Å². The van der Waals surface area contributed by atoms with Crippen LogP contribution in [-0.4, -0.2) is 15.9 Å². The zero-order valence-electron chi connectivity index (χ0n) is 11.5. The van der Waals surface area contributed by atoms with Gasteiger partial charge in [0.05, 0.1) is 6.42 Å². The van der Waals surface area contributed by atoms with Gasteiger partial charge in [0.1, 0.15) is 5.78 Å². The second-order valence-corrected chi connectivity index (χ2v) is 5.97. The standard InChI is InChI=1S/C14H22N2O2/c1-9(2)6-12(17)8-13-15-14(16-18-13)11-5-4-10(3)7-11/h9-11H,4-8H2,1-3H3. The van der Waals surface area contributed by atoms with Gasteiger partial charge in [-0.2, -0.15) is 4.98 Å². The van der Waals surface area contributed by atoms with Crippen LogP contribution in [0.3, 0.4) is 0 Å². The fourth-order valence-electron chi connectivity index (χ4n) is 2.64. The molecule has 1 fully saturated rings. The van der Waals surface area contributed by atoms with Crippen LogP contribution >= 0.6 is 0 Å². The van der Waals surface area contributed by atoms with Crippen molar-refractivity contribution in [3.63, 3.8) is 0 Å². The van der Waals surface area contributed by atoms with Crippen LogP contribution in [0.2, 0.25) is 0 Å². The number of Topliss-reactive ketones (excluding diaryl/α,β-unsaturated/α-hetero) is 1. The summed E-state index contributed by atoms with van der Waals surface area (Å²) in [6.07, 6.45) is 4.38. The predicted molar refractivity (Wildman–Crippen MR) is 68.2 cm³/mol. The van der Waals surface area contributed by atoms with Gasteiger partial charge >= 0.3 is 0 Å². The van der Waals surface area contributed by atoms with Gasteiger partial charge in [0.2, 0.25) is 5.89 Å². The Balaban J connectivity index is 1.92. The molecule has 2 atom stereocenters. The maximum Gasteiger partial charge on any atom is 0.234 e. The Hall–Kier alpha value is -1.19. The number of rotatable bonds is 5. The molecule has 1 aromatic heterocycles. The minimum Gasteiger partial charge on any atom is -0.339 e. The Morgan fingerprint density at radius 3 is 2.83 bits per heavy atom. The summed E-state index contributed by atoms with van der Waals surface area (Å²) in [6, 6.07) is 0. The highest BCUT2D eigenvalue weighted by molar-refractivity contribution is 5.80. The summed E-state index contributed by atoms with van der Waals surface area (Å²) in [7, 11) is 0. The lowest BCUT2D eigenvalue weighted by molar-refractivity contribution is -0.119. The molecule has 100 valence electrons. The molecule has 18 heavy (non-hydrogen) atoms. The fraction of sp³-hybridized carbons (Fsp3) is 0.786. The van der Waals surface area contributed by atoms with Crippen molar-refractivity contribution >= 4 is 5.78 Å². The van der Waals surface area contributed by atoms with Gasteiger partial charge in [-0.05, 0) is 31.1 Å². The quantitative estimate of drug-likeness (QED) is 0.805. The van der Waals surface area contributed by atoms with Crippen molar-refractivity contribution in [3.05, 3.63) is 11.7 Å². The SMILES string of the molecule is CC(C)CC(=O)Cc1nc(C2CCC(C)C2)no1. The molecule has 1 aliphatic carbocycles. The van der Waals surface area contributed by atoms with Gasteiger partial charge in [0.15, 0.2) is 5.82 Å². The first-order valence-electron chi connectivity index (χ1n) is 6.88. The summed E-state index contributed by atoms with van der Waals surface area (Å²) >= 11 is 0. The Morgan fingerprint density at radius 2 is 2.22 bits per heavy atom. The summed E-state index contributed by atoms with van der Waals surface area (Å²) in [5.74, 6) is 3.02. The van der Waals surface area contributed by atoms with Crippen molar-refractivity contribution < 1.29 is 9.32 Å². The van der Waals surface area contributed by atoms with E-state index >= 15 is 0 Å². The molecule has 2 unspecified atom stereocenters. The van der Waals surface area contributed by atoms with Gasteiger partial charge in [-0.15, -0.1) is 0 Å². The number of carbonyl (C=O) groups excluding carboxylic acids is 1. The molecule has 0 bridgehead atoms. The first-order valence-corrected chi connectivity index (χ1v) is 6.88. The van der Waals surface area contributed by atoms with Crippen LogP contribution in [0.15, 0.2) is 4.52 Å². The second kappa shape index (κ2) is 5.63. The van der Waals surface area contributed by atoms with Crippen LogP contribution in [0.5, 0.6) is 0 Å². The average molecular weight is 250 g/mol. The lowest BCUT2D eigenvalue weighted by Crippen LogP contribution is -2.06. The van der Waals surface area contributed by atoms with Gasteiger partial charge in [0.25, 0.3) is 0 Å². The summed E-state index contributed by atoms with van der Waals surface area (Å²) in [4.78, 5) is 16.1. The van der Waals surface area contributed by atoms with Gasteiger partial charge in [-0.25, -0.2) is 0 Å². The molecule has 0 aliphatic heterocycles. The van der Waals surface area contributed by atoms with E-state index in [1.807, 2.05) is 13.8 Å². The fourth-order valence-corrected chi connectivity index (χ4v) is 2.64. The third-order valence-electron chi connectivity index (χ3n) is 3.53. The molecule has 0 amide bonds. The number of nitrogens with zero attached hydrogens (tertiary/aromatic N) is 2. The van der Waals surface area contributed by atoms with Crippen LogP contribution in [0.25, 0.3) is 0 Å². The number of hydrogen-bond acceptors (Lipinski definition) is 4. The smallest absolute Gasteiger partial charge is 0.234 e. The zero-order valence-corrected chi connectivity index (χ0v) is 11.5. The Kier molecular flexibility index (Phi) is 4.15. The Morgan fingerprint density at radius 1 is 1.44 bits per heavy atom. The van der Waals surface area contributed by atoms with Gasteiger partial charge in [-0.3, -0.25) is 4.79 Å². The monoisotopic (exact) mass is 250 g/mol. The van der Waals surface area contributed by atoms with E-state index in [1.54, 1.807) is 0 Å². The van der Waals surface area contributed by atoms with Crippen LogP contribution < -0.4 is 0 Å². The number of hydrogen-bond donors (Lipinski definition) is 0. The number of aromatic nitrogens is 2.